The highest BCUT2D eigenvalue weighted by Gasteiger charge is 2.37. The van der Waals surface area contributed by atoms with Crippen LogP contribution in [0.15, 0.2) is 152 Å². The number of fused-ring (bicyclic) bond motifs is 5. The Labute approximate surface area is 873 Å². The minimum atomic E-state index is -1.02. The number of nitro benzene ring substituents is 2. The van der Waals surface area contributed by atoms with E-state index in [0.29, 0.717) is 115 Å². The third-order valence-corrected chi connectivity index (χ3v) is 26.9. The number of nitrogen functional groups attached to an aromatic ring is 1. The van der Waals surface area contributed by atoms with E-state index in [1.165, 1.54) is 62.8 Å². The molecule has 9 aromatic heterocycles. The molecule has 17 aromatic rings. The van der Waals surface area contributed by atoms with Gasteiger partial charge < -0.3 is 79.2 Å². The Bertz CT molecular complexity index is 7860. The van der Waals surface area contributed by atoms with Gasteiger partial charge in [-0.25, -0.2) is 38.7 Å². The number of methoxy groups -OCH3 is 8. The zero-order valence-electron chi connectivity index (χ0n) is 83.3. The Morgan fingerprint density at radius 2 is 0.709 bits per heavy atom. The molecule has 22 rings (SSSR count). The number of hydrogen-bond donors (Lipinski definition) is 5. The Kier molecular flexibility index (Phi) is 30.7. The molecule has 0 radical (unpaired) electrons. The average molecular weight is 2110 g/mol. The summed E-state index contributed by atoms with van der Waals surface area (Å²) in [6, 6.07) is 37.9. The highest BCUT2D eigenvalue weighted by atomic mass is 35.5. The molecule has 0 amide bonds. The zero-order chi connectivity index (χ0) is 104. The SMILES string of the molecule is COc1ccc2c(c1)c(C1CC1)nn2-c1nc(Cl)ncc1Cl.COc1ccc2c(c1)c(C1CC1)nn2-c1nc(Nc2cc(N)c(N(C)CCN(C)C)cc2OC)ncc1Cl.COc1ccc2c(c1)c(C1CC1)nn2-c1nc(Nc2cc([N+](=O)[O-])c(F)cc2OC)ncc1Cl.COc1ccc2c(c1)c(C1CC1)nn2-c1nc(Nc2cc([N+](=O)[O-])c(N(C)CCN(C)C)cc2OC)ncc1Cl.COc1ccc2n[nH]c(C3CC3)c2c1. The van der Waals surface area contributed by atoms with Crippen molar-refractivity contribution in [3.63, 3.8) is 0 Å². The van der Waals surface area contributed by atoms with Crippen LogP contribution in [0.2, 0.25) is 25.4 Å². The number of aromatic nitrogens is 18. The molecular formula is C102H106Cl5FN28O12. The summed E-state index contributed by atoms with van der Waals surface area (Å²) in [5.41, 5.74) is 18.5. The molecule has 9 heterocycles. The van der Waals surface area contributed by atoms with Crippen LogP contribution in [0, 0.1) is 26.0 Å². The predicted molar refractivity (Wildman–Crippen MR) is 571 cm³/mol. The van der Waals surface area contributed by atoms with Gasteiger partial charge in [0.25, 0.3) is 5.69 Å². The number of H-pyrrole nitrogens is 1. The molecule has 148 heavy (non-hydrogen) atoms. The molecule has 40 nitrogen and oxygen atoms in total. The summed E-state index contributed by atoms with van der Waals surface area (Å²) in [5, 5.41) is 65.8. The molecule has 0 unspecified atom stereocenters. The smallest absolute Gasteiger partial charge is 0.307 e. The first-order valence-electron chi connectivity index (χ1n) is 47.4. The molecule has 0 bridgehead atoms. The van der Waals surface area contributed by atoms with Gasteiger partial charge in [-0.15, -0.1) is 0 Å². The molecular weight excluding hydrogens is 2010 g/mol. The van der Waals surface area contributed by atoms with E-state index in [-0.39, 0.29) is 39.3 Å². The van der Waals surface area contributed by atoms with Gasteiger partial charge in [0, 0.05) is 133 Å². The van der Waals surface area contributed by atoms with Crippen LogP contribution in [-0.2, 0) is 0 Å². The van der Waals surface area contributed by atoms with Gasteiger partial charge in [0.15, 0.2) is 23.3 Å². The third kappa shape index (κ3) is 22.6. The maximum Gasteiger partial charge on any atom is 0.307 e. The van der Waals surface area contributed by atoms with E-state index >= 15 is 0 Å². The average Bonchev–Trinajstić information content (AvgIpc) is 1.55. The fourth-order valence-corrected chi connectivity index (χ4v) is 17.8. The largest absolute Gasteiger partial charge is 0.497 e. The number of rotatable bonds is 33. The van der Waals surface area contributed by atoms with Crippen molar-refractivity contribution in [3.8, 4) is 69.3 Å². The molecule has 46 heteroatoms. The van der Waals surface area contributed by atoms with Crippen LogP contribution in [0.5, 0.6) is 46.0 Å². The molecule has 0 spiro atoms. The van der Waals surface area contributed by atoms with Crippen molar-refractivity contribution in [2.75, 3.05) is 157 Å². The predicted octanol–water partition coefficient (Wildman–Crippen LogP) is 21.3. The fraction of sp³-hybridized carbons (Fsp3) is 0.324. The molecule has 0 aliphatic heterocycles. The lowest BCUT2D eigenvalue weighted by molar-refractivity contribution is -0.387. The Hall–Kier alpha value is -15.3. The number of anilines is 9. The van der Waals surface area contributed by atoms with E-state index in [9.17, 15) is 24.6 Å². The van der Waals surface area contributed by atoms with Crippen molar-refractivity contribution in [2.45, 2.75) is 93.8 Å². The van der Waals surface area contributed by atoms with E-state index in [2.05, 4.69) is 76.9 Å². The van der Waals surface area contributed by atoms with Crippen LogP contribution in [0.4, 0.5) is 67.7 Å². The third-order valence-electron chi connectivity index (χ3n) is 25.6. The number of nitrogens with zero attached hydrogens (tertiary/aromatic N) is 23. The maximum absolute atomic E-state index is 14.0. The van der Waals surface area contributed by atoms with Crippen molar-refractivity contribution < 1.29 is 52.1 Å². The number of benzene rings is 8. The van der Waals surface area contributed by atoms with Gasteiger partial charge in [0.2, 0.25) is 28.9 Å². The molecule has 768 valence electrons. The first kappa shape index (κ1) is 103. The standard InChI is InChI=1S/C27H31ClN8O4.C27H33ClN8O2.C22H18ClFN6O4.C15H12Cl2N4O.C11H12N2O/c1-33(2)10-11-34(3)22-14-24(40-5)20(13-23(22)36(37)38)30-27-29-15-19(28)26(31-27)35-21-9-8-17(39-4)12-18(21)25(32-35)16-6-7-16;1-34(2)10-11-35(3)23-14-24(38-5)21(13-20(23)29)31-27-30-15-19(28)26(32-27)36-22-9-8-17(37-4)12-18(22)25(33-36)16-6-7-16;1-33-12-5-6-17-13(7-12)20(11-3-4-11)28-29(17)21-14(23)10-25-22(27-21)26-16-9-18(30(31)32)15(24)8-19(16)34-2;1-22-9-4-5-12-10(6-9)13(8-2-3-8)20-21(12)14-11(16)7-18-15(17)19-14;1-14-8-4-5-10-9(6-8)11(13-12-10)7-2-3-7/h8-9,12-16H,6-7,10-11H2,1-5H3,(H,29,30,31);8-9,12-16H,6-7,10-11,29H2,1-5H3,(H,30,31,32);5-11H,3-4H2,1-2H3,(H,25,26,27);4-8H,2-3H2,1H3;4-7H,2-3H2,1H3,(H,12,13). The van der Waals surface area contributed by atoms with Crippen molar-refractivity contribution in [1.29, 1.82) is 0 Å². The zero-order valence-corrected chi connectivity index (χ0v) is 87.0. The minimum Gasteiger partial charge on any atom is -0.497 e. The Morgan fingerprint density at radius 3 is 1.05 bits per heavy atom. The van der Waals surface area contributed by atoms with Crippen molar-refractivity contribution >= 4 is 176 Å². The Morgan fingerprint density at radius 1 is 0.392 bits per heavy atom. The molecule has 5 saturated carbocycles. The van der Waals surface area contributed by atoms with Gasteiger partial charge >= 0.3 is 5.69 Å². The molecule has 0 saturated heterocycles. The lowest BCUT2D eigenvalue weighted by atomic mass is 10.1. The van der Waals surface area contributed by atoms with Gasteiger partial charge in [-0.05, 0) is 201 Å². The second-order valence-electron chi connectivity index (χ2n) is 36.5. The number of halogens is 6. The summed E-state index contributed by atoms with van der Waals surface area (Å²) in [4.78, 5) is 64.9. The summed E-state index contributed by atoms with van der Waals surface area (Å²) in [6.07, 6.45) is 17.3. The van der Waals surface area contributed by atoms with Crippen LogP contribution in [0.1, 0.15) is 122 Å². The molecule has 5 aliphatic carbocycles. The first-order valence-corrected chi connectivity index (χ1v) is 49.3. The lowest BCUT2D eigenvalue weighted by Gasteiger charge is -2.24. The molecule has 0 atom stereocenters. The van der Waals surface area contributed by atoms with Crippen molar-refractivity contribution in [1.82, 2.24) is 99.0 Å². The number of hydrogen-bond acceptors (Lipinski definition) is 33. The topological polar surface area (TPSA) is 438 Å². The Balaban J connectivity index is 0.000000125. The summed E-state index contributed by atoms with van der Waals surface area (Å²) in [5.74, 6) is 8.68. The molecule has 6 N–H and O–H groups in total. The van der Waals surface area contributed by atoms with E-state index < -0.39 is 21.4 Å². The van der Waals surface area contributed by atoms with Gasteiger partial charge in [0.05, 0.1) is 170 Å². The van der Waals surface area contributed by atoms with Crippen LogP contribution in [-0.4, -0.2) is 234 Å². The normalized spacial score (nSPS) is 13.6. The van der Waals surface area contributed by atoms with E-state index in [1.54, 1.807) is 73.6 Å². The van der Waals surface area contributed by atoms with E-state index in [0.717, 1.165) is 189 Å². The molecule has 5 fully saturated rings. The quantitative estimate of drug-likeness (QED) is 0.0110. The van der Waals surface area contributed by atoms with Crippen molar-refractivity contribution in [3.05, 3.63) is 232 Å². The number of nitrogens with two attached hydrogens (primary N) is 1. The molecule has 8 aromatic carbocycles. The summed E-state index contributed by atoms with van der Waals surface area (Å²) < 4.78 is 64.1. The first-order chi connectivity index (χ1) is 71.4. The number of nitro groups is 2. The maximum atomic E-state index is 14.0. The van der Waals surface area contributed by atoms with Gasteiger partial charge in [-0.1, -0.05) is 46.4 Å². The number of likely N-dealkylation sites (N-methyl/N-ethyl adjacent to an activating group) is 4. The van der Waals surface area contributed by atoms with Crippen LogP contribution in [0.3, 0.4) is 0 Å². The van der Waals surface area contributed by atoms with E-state index in [4.69, 9.17) is 127 Å². The van der Waals surface area contributed by atoms with Crippen LogP contribution >= 0.6 is 58.0 Å². The molecule has 5 aliphatic rings. The fourth-order valence-electron chi connectivity index (χ4n) is 17.0. The highest BCUT2D eigenvalue weighted by molar-refractivity contribution is 6.33. The number of ether oxygens (including phenoxy) is 8. The van der Waals surface area contributed by atoms with Gasteiger partial charge in [-0.2, -0.15) is 49.8 Å². The van der Waals surface area contributed by atoms with E-state index in [1.807, 2.05) is 149 Å². The van der Waals surface area contributed by atoms with Crippen LogP contribution in [0.25, 0.3) is 77.8 Å². The second kappa shape index (κ2) is 44.2. The van der Waals surface area contributed by atoms with Crippen LogP contribution < -0.4 is 69.4 Å². The van der Waals surface area contributed by atoms with Gasteiger partial charge in [-0.3, -0.25) is 25.3 Å². The van der Waals surface area contributed by atoms with Crippen molar-refractivity contribution in [2.24, 2.45) is 0 Å². The van der Waals surface area contributed by atoms with Gasteiger partial charge in [0.1, 0.15) is 71.8 Å². The second-order valence-corrected chi connectivity index (χ2v) is 38.5. The summed E-state index contributed by atoms with van der Waals surface area (Å²) in [7, 11) is 24.5. The summed E-state index contributed by atoms with van der Waals surface area (Å²) >= 11 is 31.7. The summed E-state index contributed by atoms with van der Waals surface area (Å²) in [6.45, 7) is 3.05. The number of aromatic amines is 1. The minimum absolute atomic E-state index is 0.0517. The lowest BCUT2D eigenvalue weighted by Crippen LogP contribution is -2.29. The number of nitrogens with one attached hydrogen (secondary N) is 4. The monoisotopic (exact) mass is 2110 g/mol. The highest BCUT2D eigenvalue weighted by Crippen LogP contribution is 2.51.